The number of rotatable bonds is 7. The maximum Gasteiger partial charge on any atom is 0.339 e. The Morgan fingerprint density at radius 3 is 2.31 bits per heavy atom. The van der Waals surface area contributed by atoms with Crippen LogP contribution >= 0.6 is 0 Å². The summed E-state index contributed by atoms with van der Waals surface area (Å²) >= 11 is 0. The molecule has 0 saturated heterocycles. The van der Waals surface area contributed by atoms with Crippen LogP contribution in [0.3, 0.4) is 0 Å². The van der Waals surface area contributed by atoms with E-state index in [1.807, 2.05) is 44.2 Å². The lowest BCUT2D eigenvalue weighted by molar-refractivity contribution is 0.396. The molecule has 138 valence electrons. The minimum atomic E-state index is -0.423. The Balaban J connectivity index is 2.74. The van der Waals surface area contributed by atoms with E-state index in [4.69, 9.17) is 9.15 Å². The van der Waals surface area contributed by atoms with Crippen molar-refractivity contribution in [1.29, 1.82) is 0 Å². The molecule has 0 spiro atoms. The van der Waals surface area contributed by atoms with Crippen LogP contribution < -0.4 is 10.4 Å². The summed E-state index contributed by atoms with van der Waals surface area (Å²) in [5.74, 6) is 1.03. The van der Waals surface area contributed by atoms with Crippen molar-refractivity contribution >= 4 is 6.08 Å². The number of ether oxygens (including phenoxy) is 1. The first-order chi connectivity index (χ1) is 12.4. The van der Waals surface area contributed by atoms with Crippen LogP contribution in [-0.4, -0.2) is 7.11 Å². The van der Waals surface area contributed by atoms with Gasteiger partial charge < -0.3 is 9.15 Å². The average molecular weight is 352 g/mol. The molecule has 3 nitrogen and oxygen atoms in total. The maximum absolute atomic E-state index is 11.5. The third-order valence-electron chi connectivity index (χ3n) is 3.72. The highest BCUT2D eigenvalue weighted by atomic mass is 16.5. The molecule has 0 amide bonds. The quantitative estimate of drug-likeness (QED) is 0.570. The molecule has 0 bridgehead atoms. The molecule has 0 saturated carbocycles. The zero-order valence-electron chi connectivity index (χ0n) is 16.5. The lowest BCUT2D eigenvalue weighted by atomic mass is 10.1. The zero-order valence-corrected chi connectivity index (χ0v) is 16.5. The fraction of sp³-hybridized carbons (Fsp3) is 0.261. The molecule has 0 N–H and O–H groups in total. The van der Waals surface area contributed by atoms with Crippen molar-refractivity contribution in [3.63, 3.8) is 0 Å². The van der Waals surface area contributed by atoms with Gasteiger partial charge in [0, 0.05) is 5.56 Å². The molecule has 1 aromatic heterocycles. The fourth-order valence-corrected chi connectivity index (χ4v) is 2.29. The summed E-state index contributed by atoms with van der Waals surface area (Å²) in [4.78, 5) is 11.5. The molecule has 0 aliphatic heterocycles. The van der Waals surface area contributed by atoms with Gasteiger partial charge in [0.2, 0.25) is 0 Å². The molecule has 0 aromatic carbocycles. The highest BCUT2D eigenvalue weighted by Crippen LogP contribution is 2.19. The summed E-state index contributed by atoms with van der Waals surface area (Å²) in [6, 6.07) is 1.34. The van der Waals surface area contributed by atoms with E-state index in [1.165, 1.54) is 29.9 Å². The maximum atomic E-state index is 11.5. The van der Waals surface area contributed by atoms with Gasteiger partial charge in [0.15, 0.2) is 0 Å². The molecule has 0 aliphatic carbocycles. The molecular weight excluding hydrogens is 324 g/mol. The molecule has 0 fully saturated rings. The molecule has 0 atom stereocenters. The van der Waals surface area contributed by atoms with E-state index >= 15 is 0 Å². The highest BCUT2D eigenvalue weighted by Gasteiger charge is 2.06. The Labute approximate surface area is 156 Å². The molecule has 1 aromatic rings. The predicted octanol–water partition coefficient (Wildman–Crippen LogP) is 5.94. The van der Waals surface area contributed by atoms with Gasteiger partial charge >= 0.3 is 5.63 Å². The summed E-state index contributed by atoms with van der Waals surface area (Å²) in [5.41, 5.74) is 4.01. The topological polar surface area (TPSA) is 39.4 Å². The van der Waals surface area contributed by atoms with Gasteiger partial charge in [-0.25, -0.2) is 4.79 Å². The van der Waals surface area contributed by atoms with Gasteiger partial charge in [-0.1, -0.05) is 65.3 Å². The number of allylic oxidation sites excluding steroid dienone is 11. The van der Waals surface area contributed by atoms with Crippen molar-refractivity contribution in [2.75, 3.05) is 7.11 Å². The van der Waals surface area contributed by atoms with Gasteiger partial charge in [0.05, 0.1) is 13.2 Å². The minimum Gasteiger partial charge on any atom is -0.496 e. The molecule has 26 heavy (non-hydrogen) atoms. The van der Waals surface area contributed by atoms with Crippen molar-refractivity contribution in [3.8, 4) is 5.75 Å². The second-order valence-electron chi connectivity index (χ2n) is 6.04. The molecule has 0 radical (unpaired) electrons. The number of hydrogen-bond acceptors (Lipinski definition) is 3. The van der Waals surface area contributed by atoms with Crippen molar-refractivity contribution < 1.29 is 9.15 Å². The largest absolute Gasteiger partial charge is 0.496 e. The van der Waals surface area contributed by atoms with Crippen LogP contribution in [-0.2, 0) is 0 Å². The van der Waals surface area contributed by atoms with Crippen LogP contribution in [0.25, 0.3) is 6.08 Å². The van der Waals surface area contributed by atoms with Crippen molar-refractivity contribution in [2.24, 2.45) is 0 Å². The minimum absolute atomic E-state index is 0.423. The van der Waals surface area contributed by atoms with Crippen molar-refractivity contribution in [3.05, 3.63) is 93.1 Å². The SMILES string of the molecule is C/C=C(C)/C=C(C)/C=C(C)/C=C/C=C/C=C/c1oc(=O)cc(OC)c1C. The summed E-state index contributed by atoms with van der Waals surface area (Å²) in [5, 5.41) is 0. The standard InChI is InChI=1S/C23H28O3/c1-7-17(2)14-19(4)15-18(3)12-10-8-9-11-13-21-20(5)22(25-6)16-23(24)26-21/h7-16H,1-6H3/b9-8+,12-10+,13-11+,17-7+,18-15+,19-14+. The third-order valence-corrected chi connectivity index (χ3v) is 3.72. The van der Waals surface area contributed by atoms with E-state index in [1.54, 1.807) is 6.08 Å². The Hall–Kier alpha value is -2.81. The lowest BCUT2D eigenvalue weighted by Gasteiger charge is -2.04. The summed E-state index contributed by atoms with van der Waals surface area (Å²) in [6.45, 7) is 10.1. The van der Waals surface area contributed by atoms with E-state index in [0.29, 0.717) is 11.5 Å². The first-order valence-electron chi connectivity index (χ1n) is 8.57. The first kappa shape index (κ1) is 21.2. The van der Waals surface area contributed by atoms with Gasteiger partial charge in [-0.15, -0.1) is 0 Å². The van der Waals surface area contributed by atoms with E-state index in [9.17, 15) is 4.79 Å². The summed E-state index contributed by atoms with van der Waals surface area (Å²) < 4.78 is 10.3. The van der Waals surface area contributed by atoms with Crippen LogP contribution in [0.15, 0.2) is 80.6 Å². The molecule has 1 rings (SSSR count). The predicted molar refractivity (Wildman–Crippen MR) is 111 cm³/mol. The Morgan fingerprint density at radius 2 is 1.65 bits per heavy atom. The lowest BCUT2D eigenvalue weighted by Crippen LogP contribution is -2.02. The molecule has 0 unspecified atom stereocenters. The van der Waals surface area contributed by atoms with Gasteiger partial charge in [0.1, 0.15) is 11.5 Å². The van der Waals surface area contributed by atoms with Crippen LogP contribution in [0.1, 0.15) is 39.0 Å². The molecule has 3 heteroatoms. The van der Waals surface area contributed by atoms with Crippen LogP contribution in [0.5, 0.6) is 5.75 Å². The zero-order chi connectivity index (χ0) is 19.5. The van der Waals surface area contributed by atoms with Crippen LogP contribution in [0.2, 0.25) is 0 Å². The Kier molecular flexibility index (Phi) is 8.93. The van der Waals surface area contributed by atoms with E-state index in [2.05, 4.69) is 39.0 Å². The molecule has 0 aliphatic rings. The van der Waals surface area contributed by atoms with Gasteiger partial charge in [-0.3, -0.25) is 0 Å². The second kappa shape index (κ2) is 10.9. The summed E-state index contributed by atoms with van der Waals surface area (Å²) in [6.07, 6.45) is 17.8. The average Bonchev–Trinajstić information content (AvgIpc) is 2.59. The normalized spacial score (nSPS) is 14.2. The monoisotopic (exact) mass is 352 g/mol. The Bertz CT molecular complexity index is 841. The Morgan fingerprint density at radius 1 is 1.00 bits per heavy atom. The first-order valence-corrected chi connectivity index (χ1v) is 8.57. The fourth-order valence-electron chi connectivity index (χ4n) is 2.29. The molecular formula is C23H28O3. The smallest absolute Gasteiger partial charge is 0.339 e. The van der Waals surface area contributed by atoms with E-state index in [0.717, 1.165) is 5.56 Å². The third kappa shape index (κ3) is 7.39. The van der Waals surface area contributed by atoms with Gasteiger partial charge in [-0.05, 0) is 40.7 Å². The highest BCUT2D eigenvalue weighted by molar-refractivity contribution is 5.52. The van der Waals surface area contributed by atoms with Crippen LogP contribution in [0.4, 0.5) is 0 Å². The number of methoxy groups -OCH3 is 1. The van der Waals surface area contributed by atoms with Crippen LogP contribution in [0, 0.1) is 6.92 Å². The van der Waals surface area contributed by atoms with Gasteiger partial charge in [0.25, 0.3) is 0 Å². The van der Waals surface area contributed by atoms with E-state index in [-0.39, 0.29) is 0 Å². The number of hydrogen-bond donors (Lipinski definition) is 0. The van der Waals surface area contributed by atoms with Gasteiger partial charge in [-0.2, -0.15) is 0 Å². The van der Waals surface area contributed by atoms with Crippen molar-refractivity contribution in [2.45, 2.75) is 34.6 Å². The van der Waals surface area contributed by atoms with E-state index < -0.39 is 5.63 Å². The molecule has 1 heterocycles. The van der Waals surface area contributed by atoms with Crippen molar-refractivity contribution in [1.82, 2.24) is 0 Å². The second-order valence-corrected chi connectivity index (χ2v) is 6.04. The summed E-state index contributed by atoms with van der Waals surface area (Å²) in [7, 11) is 1.53.